The number of rotatable bonds is 23. The quantitative estimate of drug-likeness (QED) is 0.0282. The lowest BCUT2D eigenvalue weighted by Crippen LogP contribution is -2.60. The molecule has 6 amide bonds. The fraction of sp³-hybridized carbons (Fsp3) is 0.583. The third-order valence-corrected chi connectivity index (χ3v) is 9.17. The molecular weight excluding hydrogens is 758 g/mol. The highest BCUT2D eigenvalue weighted by molar-refractivity contribution is 5.97. The second kappa shape index (κ2) is 23.9. The molecule has 2 rings (SSSR count). The fourth-order valence-corrected chi connectivity index (χ4v) is 5.98. The van der Waals surface area contributed by atoms with Crippen molar-refractivity contribution in [2.24, 2.45) is 38.7 Å². The predicted octanol–water partition coefficient (Wildman–Crippen LogP) is -4.42. The number of aliphatic carboxylic acids is 1. The van der Waals surface area contributed by atoms with E-state index in [-0.39, 0.29) is 57.2 Å². The minimum atomic E-state index is -1.58. The lowest BCUT2D eigenvalue weighted by Gasteiger charge is -2.29. The van der Waals surface area contributed by atoms with Crippen LogP contribution < -0.4 is 55.3 Å². The predicted molar refractivity (Wildman–Crippen MR) is 213 cm³/mol. The van der Waals surface area contributed by atoms with Gasteiger partial charge < -0.3 is 70.4 Å². The molecule has 0 unspecified atom stereocenters. The number of nitrogens with one attached hydrogen (secondary N) is 5. The molecule has 17 N–H and O–H groups in total. The number of carboxylic acid groups (broad SMARTS) is 1. The van der Waals surface area contributed by atoms with Crippen molar-refractivity contribution >= 4 is 53.3 Å². The van der Waals surface area contributed by atoms with Crippen LogP contribution in [0.2, 0.25) is 0 Å². The number of guanidine groups is 2. The molecule has 58 heavy (non-hydrogen) atoms. The molecule has 0 radical (unpaired) electrons. The van der Waals surface area contributed by atoms with Crippen LogP contribution >= 0.6 is 0 Å². The number of amides is 6. The van der Waals surface area contributed by atoms with Crippen molar-refractivity contribution < 1.29 is 43.8 Å². The number of aliphatic hydroxyl groups excluding tert-OH is 1. The standard InChI is InChI=1S/C36H59N13O9/c1-19(28(51)44-20(2)29(52)48-27(21(3)50)32(55)47-25(34(57)58)18-22-10-5-4-6-11-22)45-30(53)24(13-8-16-43-36(40)41)46-31(54)26-14-9-17-49(26)33(56)23(37)12-7-15-42-35(38)39/h4-6,10-11,19-21,23-27,50H,7-9,12-18,37H2,1-3H3,(H,44,51)(H,45,53)(H,46,54)(H,47,55)(H,48,52)(H,57,58)(H4,38,39,42)(H4,40,41,43)/t19-,20-,21+,23-,24-,25-,26-,27-/m0/s1. The number of benzene rings is 1. The van der Waals surface area contributed by atoms with Gasteiger partial charge in [-0.1, -0.05) is 30.3 Å². The molecule has 1 aliphatic rings. The third kappa shape index (κ3) is 16.2. The number of nitrogens with two attached hydrogens (primary N) is 5. The van der Waals surface area contributed by atoms with Gasteiger partial charge in [0.1, 0.15) is 36.3 Å². The van der Waals surface area contributed by atoms with Gasteiger partial charge in [0.2, 0.25) is 35.4 Å². The molecule has 22 heteroatoms. The van der Waals surface area contributed by atoms with E-state index in [0.717, 1.165) is 0 Å². The largest absolute Gasteiger partial charge is 0.480 e. The second-order valence-corrected chi connectivity index (χ2v) is 14.0. The van der Waals surface area contributed by atoms with E-state index < -0.39 is 89.8 Å². The highest BCUT2D eigenvalue weighted by Gasteiger charge is 2.38. The Morgan fingerprint density at radius 1 is 0.759 bits per heavy atom. The lowest BCUT2D eigenvalue weighted by atomic mass is 10.0. The minimum absolute atomic E-state index is 0.0450. The van der Waals surface area contributed by atoms with Crippen molar-refractivity contribution in [3.8, 4) is 0 Å². The number of nitrogens with zero attached hydrogens (tertiary/aromatic N) is 3. The maximum atomic E-state index is 13.5. The first kappa shape index (κ1) is 48.1. The van der Waals surface area contributed by atoms with E-state index in [4.69, 9.17) is 28.7 Å². The molecule has 0 aliphatic carbocycles. The van der Waals surface area contributed by atoms with Crippen molar-refractivity contribution in [3.63, 3.8) is 0 Å². The van der Waals surface area contributed by atoms with E-state index in [1.807, 2.05) is 0 Å². The fourth-order valence-electron chi connectivity index (χ4n) is 5.98. The van der Waals surface area contributed by atoms with Crippen LogP contribution in [0.3, 0.4) is 0 Å². The smallest absolute Gasteiger partial charge is 0.326 e. The normalized spacial score (nSPS) is 17.1. The van der Waals surface area contributed by atoms with Crippen molar-refractivity contribution in [1.82, 2.24) is 31.5 Å². The Balaban J connectivity index is 2.06. The van der Waals surface area contributed by atoms with Crippen molar-refractivity contribution in [1.29, 1.82) is 0 Å². The zero-order chi connectivity index (χ0) is 43.5. The van der Waals surface area contributed by atoms with Gasteiger partial charge in [0.15, 0.2) is 11.9 Å². The van der Waals surface area contributed by atoms with E-state index in [1.54, 1.807) is 30.3 Å². The molecule has 1 aromatic rings. The van der Waals surface area contributed by atoms with E-state index >= 15 is 0 Å². The maximum absolute atomic E-state index is 13.5. The van der Waals surface area contributed by atoms with Gasteiger partial charge in [-0.3, -0.25) is 38.8 Å². The van der Waals surface area contributed by atoms with Crippen LogP contribution in [0.1, 0.15) is 64.9 Å². The number of carboxylic acids is 1. The summed E-state index contributed by atoms with van der Waals surface area (Å²) in [5.74, 6) is -6.04. The van der Waals surface area contributed by atoms with Crippen LogP contribution in [0.5, 0.6) is 0 Å². The number of carbonyl (C=O) groups excluding carboxylic acids is 6. The van der Waals surface area contributed by atoms with Crippen molar-refractivity contribution in [2.75, 3.05) is 19.6 Å². The summed E-state index contributed by atoms with van der Waals surface area (Å²) in [6, 6.07) is 0.0411. The number of hydrogen-bond acceptors (Lipinski definition) is 11. The first-order valence-corrected chi connectivity index (χ1v) is 19.0. The molecule has 0 aromatic heterocycles. The van der Waals surface area contributed by atoms with Gasteiger partial charge in [-0.25, -0.2) is 4.79 Å². The monoisotopic (exact) mass is 817 g/mol. The van der Waals surface area contributed by atoms with E-state index in [0.29, 0.717) is 24.8 Å². The Labute approximate surface area is 336 Å². The van der Waals surface area contributed by atoms with E-state index in [1.165, 1.54) is 25.7 Å². The third-order valence-electron chi connectivity index (χ3n) is 9.17. The van der Waals surface area contributed by atoms with Gasteiger partial charge in [0.25, 0.3) is 0 Å². The van der Waals surface area contributed by atoms with Crippen LogP contribution in [0.15, 0.2) is 40.3 Å². The van der Waals surface area contributed by atoms with Gasteiger partial charge in [0.05, 0.1) is 12.1 Å². The summed E-state index contributed by atoms with van der Waals surface area (Å²) in [5.41, 5.74) is 28.2. The highest BCUT2D eigenvalue weighted by Crippen LogP contribution is 2.20. The lowest BCUT2D eigenvalue weighted by molar-refractivity contribution is -0.143. The molecule has 1 saturated heterocycles. The topological polar surface area (TPSA) is 378 Å². The van der Waals surface area contributed by atoms with Crippen molar-refractivity contribution in [2.45, 2.75) is 114 Å². The van der Waals surface area contributed by atoms with Crippen LogP contribution in [-0.2, 0) is 40.0 Å². The van der Waals surface area contributed by atoms with Gasteiger partial charge in [0, 0.05) is 26.1 Å². The minimum Gasteiger partial charge on any atom is -0.480 e. The molecule has 8 atom stereocenters. The van der Waals surface area contributed by atoms with Gasteiger partial charge in [-0.2, -0.15) is 0 Å². The van der Waals surface area contributed by atoms with Crippen LogP contribution in [0.4, 0.5) is 0 Å². The Morgan fingerprint density at radius 3 is 1.86 bits per heavy atom. The highest BCUT2D eigenvalue weighted by atomic mass is 16.4. The van der Waals surface area contributed by atoms with Crippen LogP contribution in [0.25, 0.3) is 0 Å². The summed E-state index contributed by atoms with van der Waals surface area (Å²) in [5, 5.41) is 32.2. The zero-order valence-corrected chi connectivity index (χ0v) is 33.1. The summed E-state index contributed by atoms with van der Waals surface area (Å²) in [6.07, 6.45) is 0.337. The number of aliphatic imine (C=N–C) groups is 2. The molecule has 1 fully saturated rings. The first-order valence-electron chi connectivity index (χ1n) is 19.0. The average Bonchev–Trinajstić information content (AvgIpc) is 3.66. The van der Waals surface area contributed by atoms with E-state index in [2.05, 4.69) is 36.6 Å². The summed E-state index contributed by atoms with van der Waals surface area (Å²) < 4.78 is 0. The van der Waals surface area contributed by atoms with Gasteiger partial charge >= 0.3 is 5.97 Å². The summed E-state index contributed by atoms with van der Waals surface area (Å²) in [7, 11) is 0. The Bertz CT molecular complexity index is 1640. The van der Waals surface area contributed by atoms with Crippen LogP contribution in [-0.4, -0.2) is 136 Å². The summed E-state index contributed by atoms with van der Waals surface area (Å²) >= 11 is 0. The summed E-state index contributed by atoms with van der Waals surface area (Å²) in [4.78, 5) is 100. The molecule has 0 spiro atoms. The molecule has 322 valence electrons. The number of carbonyl (C=O) groups is 7. The molecule has 0 bridgehead atoms. The molecule has 1 aliphatic heterocycles. The SMILES string of the molecule is C[C@H](NC(=O)[C@H](C)NC(=O)[C@H](CCCN=C(N)N)NC(=O)[C@@H]1CCCN1C(=O)[C@@H](N)CCCN=C(N)N)C(=O)N[C@H](C(=O)N[C@@H](Cc1ccccc1)C(=O)O)[C@@H](C)O. The number of likely N-dealkylation sites (tertiary alicyclic amines) is 1. The molecule has 1 aromatic carbocycles. The zero-order valence-electron chi connectivity index (χ0n) is 33.1. The molecular formula is C36H59N13O9. The summed E-state index contributed by atoms with van der Waals surface area (Å²) in [6.45, 7) is 4.55. The Morgan fingerprint density at radius 2 is 1.31 bits per heavy atom. The van der Waals surface area contributed by atoms with Gasteiger partial charge in [-0.15, -0.1) is 0 Å². The molecule has 22 nitrogen and oxygen atoms in total. The molecule has 0 saturated carbocycles. The Hall–Kier alpha value is -6.03. The maximum Gasteiger partial charge on any atom is 0.326 e. The Kier molecular flexibility index (Phi) is 19.8. The molecule has 1 heterocycles. The average molecular weight is 818 g/mol. The second-order valence-electron chi connectivity index (χ2n) is 14.0. The van der Waals surface area contributed by atoms with Crippen molar-refractivity contribution in [3.05, 3.63) is 35.9 Å². The first-order chi connectivity index (χ1) is 27.3. The number of hydrogen-bond donors (Lipinski definition) is 12. The number of aliphatic hydroxyl groups is 1. The van der Waals surface area contributed by atoms with E-state index in [9.17, 15) is 43.8 Å². The van der Waals surface area contributed by atoms with Crippen LogP contribution in [0, 0.1) is 0 Å². The van der Waals surface area contributed by atoms with Gasteiger partial charge in [-0.05, 0) is 64.9 Å².